The minimum absolute atomic E-state index is 0.0298. The number of carbonyl (C=O) groups excluding carboxylic acids is 1. The molecule has 29 heavy (non-hydrogen) atoms. The second kappa shape index (κ2) is 8.53. The number of amides is 1. The van der Waals surface area contributed by atoms with Crippen LogP contribution in [0.2, 0.25) is 0 Å². The van der Waals surface area contributed by atoms with Crippen molar-refractivity contribution in [3.63, 3.8) is 0 Å². The van der Waals surface area contributed by atoms with Gasteiger partial charge in [-0.15, -0.1) is 0 Å². The molecule has 5 nitrogen and oxygen atoms in total. The molecule has 0 radical (unpaired) electrons. The Bertz CT molecular complexity index is 1120. The quantitative estimate of drug-likeness (QED) is 0.515. The van der Waals surface area contributed by atoms with Crippen LogP contribution in [0.25, 0.3) is 6.08 Å². The Labute approximate surface area is 169 Å². The number of aryl methyl sites for hydroxylation is 2. The summed E-state index contributed by atoms with van der Waals surface area (Å²) in [5, 5.41) is 16.4. The van der Waals surface area contributed by atoms with Crippen molar-refractivity contribution in [1.29, 1.82) is 5.26 Å². The third-order valence-corrected chi connectivity index (χ3v) is 4.67. The van der Waals surface area contributed by atoms with Gasteiger partial charge in [0.05, 0.1) is 17.9 Å². The number of hydrogen-bond donors (Lipinski definition) is 1. The lowest BCUT2D eigenvalue weighted by Gasteiger charge is -2.06. The van der Waals surface area contributed by atoms with Crippen LogP contribution in [0, 0.1) is 37.9 Å². The molecule has 1 N–H and O–H groups in total. The first kappa shape index (κ1) is 20.0. The van der Waals surface area contributed by atoms with Gasteiger partial charge in [-0.25, -0.2) is 4.39 Å². The predicted octanol–water partition coefficient (Wildman–Crippen LogP) is 4.54. The van der Waals surface area contributed by atoms with Gasteiger partial charge in [0.1, 0.15) is 17.5 Å². The lowest BCUT2D eigenvalue weighted by molar-refractivity contribution is -0.112. The van der Waals surface area contributed by atoms with Gasteiger partial charge >= 0.3 is 0 Å². The van der Waals surface area contributed by atoms with E-state index in [4.69, 9.17) is 0 Å². The molecule has 0 aliphatic rings. The fourth-order valence-electron chi connectivity index (χ4n) is 2.99. The molecule has 3 aromatic rings. The molecular weight excluding hydrogens is 367 g/mol. The van der Waals surface area contributed by atoms with Gasteiger partial charge < -0.3 is 5.32 Å². The Morgan fingerprint density at radius 2 is 1.86 bits per heavy atom. The SMILES string of the molecule is Cc1ccc(Cn2nc(C)c(C=C(C#N)C(=O)Nc3ccccc3F)c2C)cc1. The molecule has 0 unspecified atom stereocenters. The second-order valence-electron chi connectivity index (χ2n) is 6.83. The van der Waals surface area contributed by atoms with Crippen molar-refractivity contribution in [2.24, 2.45) is 0 Å². The van der Waals surface area contributed by atoms with Gasteiger partial charge in [0.2, 0.25) is 0 Å². The van der Waals surface area contributed by atoms with Gasteiger partial charge in [0, 0.05) is 11.3 Å². The Kier molecular flexibility index (Phi) is 5.89. The number of carbonyl (C=O) groups is 1. The smallest absolute Gasteiger partial charge is 0.266 e. The number of halogens is 1. The normalized spacial score (nSPS) is 11.2. The van der Waals surface area contributed by atoms with Crippen LogP contribution in [0.4, 0.5) is 10.1 Å². The Morgan fingerprint density at radius 3 is 2.52 bits per heavy atom. The van der Waals surface area contributed by atoms with E-state index in [1.54, 1.807) is 6.07 Å². The third kappa shape index (κ3) is 4.58. The average Bonchev–Trinajstić information content (AvgIpc) is 2.96. The number of nitriles is 1. The number of nitrogens with one attached hydrogen (secondary N) is 1. The van der Waals surface area contributed by atoms with E-state index in [1.165, 1.54) is 29.8 Å². The van der Waals surface area contributed by atoms with Crippen LogP contribution >= 0.6 is 0 Å². The first-order valence-corrected chi connectivity index (χ1v) is 9.16. The molecule has 1 aromatic heterocycles. The zero-order valence-electron chi connectivity index (χ0n) is 16.5. The molecule has 0 bridgehead atoms. The van der Waals surface area contributed by atoms with Crippen LogP contribution in [-0.2, 0) is 11.3 Å². The number of hydrogen-bond acceptors (Lipinski definition) is 3. The number of rotatable bonds is 5. The van der Waals surface area contributed by atoms with Crippen molar-refractivity contribution in [2.75, 3.05) is 5.32 Å². The monoisotopic (exact) mass is 388 g/mol. The summed E-state index contributed by atoms with van der Waals surface area (Å²) in [7, 11) is 0. The van der Waals surface area contributed by atoms with Crippen LogP contribution in [0.15, 0.2) is 54.1 Å². The molecule has 0 spiro atoms. The Hall–Kier alpha value is -3.72. The molecule has 6 heteroatoms. The van der Waals surface area contributed by atoms with Gasteiger partial charge in [-0.3, -0.25) is 9.48 Å². The maximum Gasteiger partial charge on any atom is 0.266 e. The fraction of sp³-hybridized carbons (Fsp3) is 0.174. The topological polar surface area (TPSA) is 70.7 Å². The van der Waals surface area contributed by atoms with Crippen LogP contribution in [0.3, 0.4) is 0 Å². The zero-order chi connectivity index (χ0) is 21.0. The highest BCUT2D eigenvalue weighted by Gasteiger charge is 2.16. The molecular formula is C23H21FN4O. The maximum absolute atomic E-state index is 13.8. The highest BCUT2D eigenvalue weighted by Crippen LogP contribution is 2.20. The fourth-order valence-corrected chi connectivity index (χ4v) is 2.99. The van der Waals surface area contributed by atoms with Gasteiger partial charge in [-0.05, 0) is 44.5 Å². The second-order valence-corrected chi connectivity index (χ2v) is 6.83. The molecule has 0 fully saturated rings. The van der Waals surface area contributed by atoms with E-state index in [0.717, 1.165) is 11.3 Å². The number of nitrogens with zero attached hydrogens (tertiary/aromatic N) is 3. The lowest BCUT2D eigenvalue weighted by Crippen LogP contribution is -2.14. The molecule has 0 aliphatic heterocycles. The largest absolute Gasteiger partial charge is 0.319 e. The van der Waals surface area contributed by atoms with E-state index < -0.39 is 11.7 Å². The molecule has 3 rings (SSSR count). The summed E-state index contributed by atoms with van der Waals surface area (Å²) < 4.78 is 15.6. The highest BCUT2D eigenvalue weighted by molar-refractivity contribution is 6.09. The minimum atomic E-state index is -0.664. The van der Waals surface area contributed by atoms with Crippen LogP contribution in [-0.4, -0.2) is 15.7 Å². The molecule has 2 aromatic carbocycles. The molecule has 146 valence electrons. The molecule has 0 saturated heterocycles. The molecule has 0 saturated carbocycles. The predicted molar refractivity (Wildman–Crippen MR) is 111 cm³/mol. The van der Waals surface area contributed by atoms with E-state index in [-0.39, 0.29) is 11.3 Å². The zero-order valence-corrected chi connectivity index (χ0v) is 16.5. The van der Waals surface area contributed by atoms with Gasteiger partial charge in [-0.1, -0.05) is 42.0 Å². The van der Waals surface area contributed by atoms with Crippen molar-refractivity contribution in [2.45, 2.75) is 27.3 Å². The molecule has 1 heterocycles. The van der Waals surface area contributed by atoms with E-state index in [0.29, 0.717) is 17.8 Å². The summed E-state index contributed by atoms with van der Waals surface area (Å²) in [5.41, 5.74) is 4.46. The van der Waals surface area contributed by atoms with Crippen molar-refractivity contribution < 1.29 is 9.18 Å². The molecule has 0 aliphatic carbocycles. The summed E-state index contributed by atoms with van der Waals surface area (Å²) in [6.07, 6.45) is 1.50. The lowest BCUT2D eigenvalue weighted by atomic mass is 10.1. The third-order valence-electron chi connectivity index (χ3n) is 4.67. The van der Waals surface area contributed by atoms with Crippen LogP contribution in [0.1, 0.15) is 28.1 Å². The van der Waals surface area contributed by atoms with Crippen molar-refractivity contribution in [1.82, 2.24) is 9.78 Å². The highest BCUT2D eigenvalue weighted by atomic mass is 19.1. The maximum atomic E-state index is 13.8. The number of aromatic nitrogens is 2. The van der Waals surface area contributed by atoms with E-state index in [2.05, 4.69) is 10.4 Å². The number of benzene rings is 2. The first-order chi connectivity index (χ1) is 13.9. The van der Waals surface area contributed by atoms with Crippen molar-refractivity contribution in [3.8, 4) is 6.07 Å². The summed E-state index contributed by atoms with van der Waals surface area (Å²) in [5.74, 6) is -1.22. The minimum Gasteiger partial charge on any atom is -0.319 e. The average molecular weight is 388 g/mol. The first-order valence-electron chi connectivity index (χ1n) is 9.16. The van der Waals surface area contributed by atoms with Gasteiger partial charge in [0.15, 0.2) is 0 Å². The molecule has 0 atom stereocenters. The van der Waals surface area contributed by atoms with Gasteiger partial charge in [0.25, 0.3) is 5.91 Å². The number of para-hydroxylation sites is 1. The van der Waals surface area contributed by atoms with Crippen LogP contribution in [0.5, 0.6) is 0 Å². The van der Waals surface area contributed by atoms with E-state index >= 15 is 0 Å². The van der Waals surface area contributed by atoms with Crippen molar-refractivity contribution >= 4 is 17.7 Å². The van der Waals surface area contributed by atoms with Crippen LogP contribution < -0.4 is 5.32 Å². The summed E-state index contributed by atoms with van der Waals surface area (Å²) in [4.78, 5) is 12.5. The van der Waals surface area contributed by atoms with E-state index in [1.807, 2.05) is 55.8 Å². The van der Waals surface area contributed by atoms with Crippen molar-refractivity contribution in [3.05, 3.63) is 88.0 Å². The standard InChI is InChI=1S/C23H21FN4O/c1-15-8-10-18(11-9-15)14-28-17(3)20(16(2)27-28)12-19(13-25)23(29)26-22-7-5-4-6-21(22)24/h4-12H,14H2,1-3H3,(H,26,29). The summed E-state index contributed by atoms with van der Waals surface area (Å²) >= 11 is 0. The van der Waals surface area contributed by atoms with Gasteiger partial charge in [-0.2, -0.15) is 10.4 Å². The Morgan fingerprint density at radius 1 is 1.17 bits per heavy atom. The van der Waals surface area contributed by atoms with E-state index in [9.17, 15) is 14.4 Å². The summed E-state index contributed by atoms with van der Waals surface area (Å²) in [6.45, 7) is 6.34. The Balaban J connectivity index is 1.86. The summed E-state index contributed by atoms with van der Waals surface area (Å²) in [6, 6.07) is 15.9. The number of anilines is 1. The molecule has 1 amide bonds.